The molecule has 0 saturated heterocycles. The Kier molecular flexibility index (Phi) is 6.53. The molecule has 2 nitrogen and oxygen atoms in total. The van der Waals surface area contributed by atoms with Crippen LogP contribution in [0.1, 0.15) is 56.4 Å². The van der Waals surface area contributed by atoms with Crippen LogP contribution >= 0.6 is 11.3 Å². The van der Waals surface area contributed by atoms with E-state index >= 15 is 0 Å². The third-order valence-corrected chi connectivity index (χ3v) is 5.73. The van der Waals surface area contributed by atoms with Crippen LogP contribution in [0.25, 0.3) is 0 Å². The molecule has 114 valence electrons. The Bertz CT molecular complexity index is 361. The fourth-order valence-corrected chi connectivity index (χ4v) is 4.21. The topological polar surface area (TPSA) is 15.3 Å². The molecule has 1 aliphatic carbocycles. The van der Waals surface area contributed by atoms with Crippen LogP contribution < -0.4 is 5.32 Å². The van der Waals surface area contributed by atoms with Gasteiger partial charge in [-0.05, 0) is 50.7 Å². The van der Waals surface area contributed by atoms with Gasteiger partial charge in [0, 0.05) is 17.5 Å². The van der Waals surface area contributed by atoms with Gasteiger partial charge < -0.3 is 10.2 Å². The number of hydrogen-bond acceptors (Lipinski definition) is 3. The average molecular weight is 295 g/mol. The Labute approximate surface area is 128 Å². The van der Waals surface area contributed by atoms with E-state index in [1.165, 1.54) is 43.4 Å². The average Bonchev–Trinajstić information content (AvgIpc) is 2.85. The van der Waals surface area contributed by atoms with E-state index in [4.69, 9.17) is 0 Å². The van der Waals surface area contributed by atoms with Gasteiger partial charge in [-0.1, -0.05) is 32.3 Å². The molecule has 0 amide bonds. The van der Waals surface area contributed by atoms with Crippen LogP contribution in [0.2, 0.25) is 0 Å². The Morgan fingerprint density at radius 3 is 2.80 bits per heavy atom. The molecule has 1 aromatic rings. The number of nitrogens with zero attached hydrogens (tertiary/aromatic N) is 1. The van der Waals surface area contributed by atoms with E-state index in [0.717, 1.165) is 18.5 Å². The number of rotatable bonds is 6. The molecule has 1 N–H and O–H groups in total. The maximum atomic E-state index is 3.84. The molecule has 0 aromatic carbocycles. The summed E-state index contributed by atoms with van der Waals surface area (Å²) in [6, 6.07) is 5.67. The van der Waals surface area contributed by atoms with Gasteiger partial charge in [0.25, 0.3) is 0 Å². The van der Waals surface area contributed by atoms with E-state index < -0.39 is 0 Å². The van der Waals surface area contributed by atoms with Crippen LogP contribution in [-0.4, -0.2) is 31.6 Å². The molecule has 1 aliphatic rings. The molecule has 20 heavy (non-hydrogen) atoms. The van der Waals surface area contributed by atoms with Crippen molar-refractivity contribution in [2.75, 3.05) is 20.6 Å². The first-order valence-electron chi connectivity index (χ1n) is 8.14. The molecule has 3 atom stereocenters. The molecular weight excluding hydrogens is 264 g/mol. The summed E-state index contributed by atoms with van der Waals surface area (Å²) in [6.07, 6.45) is 8.35. The van der Waals surface area contributed by atoms with Gasteiger partial charge in [0.05, 0.1) is 6.04 Å². The van der Waals surface area contributed by atoms with Crippen molar-refractivity contribution in [1.82, 2.24) is 10.2 Å². The molecule has 1 fully saturated rings. The van der Waals surface area contributed by atoms with Crippen molar-refractivity contribution < 1.29 is 0 Å². The van der Waals surface area contributed by atoms with Crippen molar-refractivity contribution in [2.45, 2.75) is 57.5 Å². The van der Waals surface area contributed by atoms with Gasteiger partial charge >= 0.3 is 0 Å². The van der Waals surface area contributed by atoms with E-state index in [2.05, 4.69) is 48.7 Å². The highest BCUT2D eigenvalue weighted by atomic mass is 32.1. The summed E-state index contributed by atoms with van der Waals surface area (Å²) in [5.74, 6) is 0.976. The first kappa shape index (κ1) is 16.0. The highest BCUT2D eigenvalue weighted by Gasteiger charge is 2.20. The lowest BCUT2D eigenvalue weighted by Gasteiger charge is -2.26. The minimum absolute atomic E-state index is 0.514. The zero-order valence-corrected chi connectivity index (χ0v) is 14.1. The maximum Gasteiger partial charge on any atom is 0.0561 e. The largest absolute Gasteiger partial charge is 0.312 e. The lowest BCUT2D eigenvalue weighted by Crippen LogP contribution is -2.36. The third kappa shape index (κ3) is 4.57. The first-order valence-corrected chi connectivity index (χ1v) is 9.01. The predicted octanol–water partition coefficient (Wildman–Crippen LogP) is 4.30. The summed E-state index contributed by atoms with van der Waals surface area (Å²) < 4.78 is 0. The Balaban J connectivity index is 1.83. The van der Waals surface area contributed by atoms with E-state index in [-0.39, 0.29) is 0 Å². The highest BCUT2D eigenvalue weighted by Crippen LogP contribution is 2.27. The van der Waals surface area contributed by atoms with Gasteiger partial charge in [0.1, 0.15) is 0 Å². The summed E-state index contributed by atoms with van der Waals surface area (Å²) in [6.45, 7) is 3.42. The van der Waals surface area contributed by atoms with Gasteiger partial charge in [-0.3, -0.25) is 0 Å². The molecule has 1 saturated carbocycles. The van der Waals surface area contributed by atoms with Crippen molar-refractivity contribution in [2.24, 2.45) is 5.92 Å². The number of thiophene rings is 1. The number of nitrogens with one attached hydrogen (secondary N) is 1. The molecule has 0 spiro atoms. The molecule has 2 rings (SSSR count). The number of likely N-dealkylation sites (N-methyl/N-ethyl adjacent to an activating group) is 1. The van der Waals surface area contributed by atoms with Crippen molar-refractivity contribution >= 4 is 11.3 Å². The summed E-state index contributed by atoms with van der Waals surface area (Å²) in [4.78, 5) is 3.81. The molecule has 0 bridgehead atoms. The van der Waals surface area contributed by atoms with Crippen LogP contribution in [0, 0.1) is 5.92 Å². The molecule has 1 aromatic heterocycles. The SMILES string of the molecule is CCC1CCCC(NCC(c2cccs2)N(C)C)CC1. The van der Waals surface area contributed by atoms with Crippen LogP contribution in [-0.2, 0) is 0 Å². The molecule has 0 aliphatic heterocycles. The molecule has 3 heteroatoms. The minimum Gasteiger partial charge on any atom is -0.312 e. The van der Waals surface area contributed by atoms with Crippen molar-refractivity contribution in [3.63, 3.8) is 0 Å². The van der Waals surface area contributed by atoms with E-state index in [1.54, 1.807) is 0 Å². The quantitative estimate of drug-likeness (QED) is 0.787. The second kappa shape index (κ2) is 8.16. The summed E-state index contributed by atoms with van der Waals surface area (Å²) in [5.41, 5.74) is 0. The smallest absolute Gasteiger partial charge is 0.0561 e. The van der Waals surface area contributed by atoms with E-state index in [1.807, 2.05) is 11.3 Å². The van der Waals surface area contributed by atoms with Crippen molar-refractivity contribution in [3.8, 4) is 0 Å². The Morgan fingerprint density at radius 1 is 1.30 bits per heavy atom. The van der Waals surface area contributed by atoms with Gasteiger partial charge in [0.2, 0.25) is 0 Å². The fourth-order valence-electron chi connectivity index (χ4n) is 3.29. The summed E-state index contributed by atoms with van der Waals surface area (Å²) >= 11 is 1.87. The van der Waals surface area contributed by atoms with E-state index in [9.17, 15) is 0 Å². The molecule has 1 heterocycles. The first-order chi connectivity index (χ1) is 9.70. The van der Waals surface area contributed by atoms with Crippen LogP contribution in [0.15, 0.2) is 17.5 Å². The van der Waals surface area contributed by atoms with Crippen LogP contribution in [0.5, 0.6) is 0 Å². The normalized spacial score (nSPS) is 25.6. The third-order valence-electron chi connectivity index (χ3n) is 4.76. The maximum absolute atomic E-state index is 3.84. The second-order valence-electron chi connectivity index (χ2n) is 6.38. The van der Waals surface area contributed by atoms with Gasteiger partial charge in [-0.2, -0.15) is 0 Å². The fraction of sp³-hybridized carbons (Fsp3) is 0.765. The van der Waals surface area contributed by atoms with Gasteiger partial charge in [0.15, 0.2) is 0 Å². The zero-order valence-electron chi connectivity index (χ0n) is 13.3. The van der Waals surface area contributed by atoms with Crippen LogP contribution in [0.3, 0.4) is 0 Å². The molecule has 3 unspecified atom stereocenters. The number of hydrogen-bond donors (Lipinski definition) is 1. The lowest BCUT2D eigenvalue weighted by molar-refractivity contribution is 0.278. The highest BCUT2D eigenvalue weighted by molar-refractivity contribution is 7.10. The monoisotopic (exact) mass is 294 g/mol. The zero-order chi connectivity index (χ0) is 14.4. The lowest BCUT2D eigenvalue weighted by atomic mass is 9.98. The summed E-state index contributed by atoms with van der Waals surface area (Å²) in [5, 5.41) is 6.02. The second-order valence-corrected chi connectivity index (χ2v) is 7.36. The van der Waals surface area contributed by atoms with Crippen molar-refractivity contribution in [3.05, 3.63) is 22.4 Å². The van der Waals surface area contributed by atoms with Gasteiger partial charge in [-0.15, -0.1) is 11.3 Å². The van der Waals surface area contributed by atoms with Crippen molar-refractivity contribution in [1.29, 1.82) is 0 Å². The Morgan fingerprint density at radius 2 is 2.15 bits per heavy atom. The summed E-state index contributed by atoms with van der Waals surface area (Å²) in [7, 11) is 4.37. The standard InChI is InChI=1S/C17H30N2S/c1-4-14-7-5-8-15(11-10-14)18-13-16(19(2)3)17-9-6-12-20-17/h6,9,12,14-16,18H,4-5,7-8,10-11,13H2,1-3H3. The Hall–Kier alpha value is -0.380. The molecule has 0 radical (unpaired) electrons. The van der Waals surface area contributed by atoms with E-state index in [0.29, 0.717) is 6.04 Å². The molecular formula is C17H30N2S. The van der Waals surface area contributed by atoms with Crippen LogP contribution in [0.4, 0.5) is 0 Å². The van der Waals surface area contributed by atoms with Gasteiger partial charge in [-0.25, -0.2) is 0 Å². The minimum atomic E-state index is 0.514. The predicted molar refractivity (Wildman–Crippen MR) is 89.4 cm³/mol.